The average molecular weight is 1140 g/mol. The van der Waals surface area contributed by atoms with Gasteiger partial charge >= 0.3 is 385 Å². The zero-order valence-corrected chi connectivity index (χ0v) is 46.1. The molecule has 0 aliphatic carbocycles. The fraction of sp³-hybridized carbons (Fsp3) is 0.286. The molecule has 1 aliphatic rings. The van der Waals surface area contributed by atoms with E-state index in [1.807, 2.05) is 48.7 Å². The van der Waals surface area contributed by atoms with Crippen LogP contribution in [0.2, 0.25) is 6.32 Å². The van der Waals surface area contributed by atoms with Crippen LogP contribution in [-0.4, -0.2) is 30.8 Å². The summed E-state index contributed by atoms with van der Waals surface area (Å²) in [5.74, 6) is 2.17. The molecule has 7 nitrogen and oxygen atoms in total. The third-order valence-corrected chi connectivity index (χ3v) is 15.1. The van der Waals surface area contributed by atoms with Gasteiger partial charge in [0.05, 0.1) is 5.69 Å². The van der Waals surface area contributed by atoms with Crippen molar-refractivity contribution in [2.75, 3.05) is 4.81 Å². The van der Waals surface area contributed by atoms with E-state index in [0.29, 0.717) is 22.7 Å². The Morgan fingerprint density at radius 3 is 1.90 bits per heavy atom. The summed E-state index contributed by atoms with van der Waals surface area (Å²) in [7, 11) is 0. The number of anilines is 2. The van der Waals surface area contributed by atoms with Gasteiger partial charge in [0.25, 0.3) is 0 Å². The van der Waals surface area contributed by atoms with Gasteiger partial charge in [-0.1, -0.05) is 13.3 Å². The van der Waals surface area contributed by atoms with Crippen LogP contribution in [0.3, 0.4) is 0 Å². The molecule has 6 aromatic carbocycles. The SMILES string of the molecule is [2H]c1c([2H])c([2H])c(-c2cc(C(C)(C)C)cc(-c3cc(C(C)(C)C)cc(C(C)(C)C)c3)c2-n2[c](=[Pt])n(-c3cccc(Oc4ccc5c(c4)N(c4cc(C)ccn4)B(CCC)n4nc(C)c(C)c4-5)c3)c3ccccc32)c([2H])c1[2H]. The van der Waals surface area contributed by atoms with Gasteiger partial charge in [-0.15, -0.1) is 0 Å². The molecule has 1 aliphatic heterocycles. The van der Waals surface area contributed by atoms with Gasteiger partial charge in [0.1, 0.15) is 0 Å². The summed E-state index contributed by atoms with van der Waals surface area (Å²) in [4.78, 5) is 7.23. The summed E-state index contributed by atoms with van der Waals surface area (Å²) in [6, 6.07) is 36.3. The first kappa shape index (κ1) is 43.1. The molecule has 4 heterocycles. The van der Waals surface area contributed by atoms with Gasteiger partial charge < -0.3 is 0 Å². The summed E-state index contributed by atoms with van der Waals surface area (Å²) in [6.07, 6.45) is 3.69. The predicted octanol–water partition coefficient (Wildman–Crippen LogP) is 16.6. The number of ether oxygens (including phenoxy) is 1. The third-order valence-electron chi connectivity index (χ3n) is 14.1. The second kappa shape index (κ2) is 18.5. The van der Waals surface area contributed by atoms with E-state index in [9.17, 15) is 2.74 Å². The predicted molar refractivity (Wildman–Crippen MR) is 297 cm³/mol. The summed E-state index contributed by atoms with van der Waals surface area (Å²) >= 11 is 2.40. The molecule has 0 radical (unpaired) electrons. The van der Waals surface area contributed by atoms with E-state index in [1.165, 1.54) is 11.1 Å². The van der Waals surface area contributed by atoms with Gasteiger partial charge in [0.15, 0.2) is 0 Å². The molecule has 0 amide bonds. The van der Waals surface area contributed by atoms with Gasteiger partial charge in [0.2, 0.25) is 0 Å². The number of fused-ring (bicyclic) bond motifs is 4. The van der Waals surface area contributed by atoms with Gasteiger partial charge in [-0.25, -0.2) is 0 Å². The Labute approximate surface area is 445 Å². The number of benzene rings is 6. The van der Waals surface area contributed by atoms with Crippen molar-refractivity contribution in [2.24, 2.45) is 0 Å². The molecule has 0 saturated heterocycles. The van der Waals surface area contributed by atoms with Crippen molar-refractivity contribution in [2.45, 2.75) is 119 Å². The van der Waals surface area contributed by atoms with Gasteiger partial charge in [-0.3, -0.25) is 0 Å². The molecule has 3 aromatic heterocycles. The maximum atomic E-state index is 9.51. The summed E-state index contributed by atoms with van der Waals surface area (Å²) in [5, 5.41) is 5.09. The third kappa shape index (κ3) is 8.95. The normalized spacial score (nSPS) is 13.9. The van der Waals surface area contributed by atoms with Crippen LogP contribution in [0.4, 0.5) is 11.5 Å². The van der Waals surface area contributed by atoms with Crippen LogP contribution in [-0.2, 0) is 35.6 Å². The molecule has 0 saturated carbocycles. The van der Waals surface area contributed by atoms with E-state index in [4.69, 9.17) is 18.9 Å². The Morgan fingerprint density at radius 1 is 0.639 bits per heavy atom. The molecule has 10 rings (SSSR count). The Morgan fingerprint density at radius 2 is 1.26 bits per heavy atom. The monoisotopic (exact) mass is 1130 g/mol. The van der Waals surface area contributed by atoms with Gasteiger partial charge in [-0.05, 0) is 32.4 Å². The van der Waals surface area contributed by atoms with Crippen molar-refractivity contribution < 1.29 is 30.9 Å². The second-order valence-corrected chi connectivity index (χ2v) is 23.5. The molecule has 9 heteroatoms. The average Bonchev–Trinajstić information content (AvgIpc) is 3.85. The number of imidazole rings is 1. The van der Waals surface area contributed by atoms with E-state index in [2.05, 4.69) is 195 Å². The Hall–Kier alpha value is -6.50. The fourth-order valence-corrected chi connectivity index (χ4v) is 11.1. The molecule has 0 fully saturated rings. The molecule has 0 unspecified atom stereocenters. The number of pyridine rings is 1. The second-order valence-electron chi connectivity index (χ2n) is 22.5. The van der Waals surface area contributed by atoms with Crippen molar-refractivity contribution in [3.8, 4) is 56.4 Å². The number of nitrogens with zero attached hydrogens (tertiary/aromatic N) is 6. The quantitative estimate of drug-likeness (QED) is 0.135. The molecular weight excluding hydrogens is 1060 g/mol. The molecule has 0 atom stereocenters. The minimum absolute atomic E-state index is 0.0900. The molecule has 0 N–H and O–H groups in total. The van der Waals surface area contributed by atoms with E-state index in [0.717, 1.165) is 89.5 Å². The Balaban J connectivity index is 1.21. The van der Waals surface area contributed by atoms with Crippen LogP contribution >= 0.6 is 0 Å². The first-order valence-corrected chi connectivity index (χ1v) is 26.2. The van der Waals surface area contributed by atoms with Crippen LogP contribution in [0.5, 0.6) is 11.5 Å². The summed E-state index contributed by atoms with van der Waals surface area (Å²) < 4.78 is 59.9. The first-order valence-electron chi connectivity index (χ1n) is 27.6. The zero-order valence-electron chi connectivity index (χ0n) is 48.9. The Bertz CT molecular complexity index is 3850. The zero-order chi connectivity index (χ0) is 55.4. The number of aryl methyl sites for hydroxylation is 2. The van der Waals surface area contributed by atoms with Crippen molar-refractivity contribution in [1.82, 2.24) is 23.8 Å². The molecule has 9 aromatic rings. The van der Waals surface area contributed by atoms with Crippen molar-refractivity contribution in [3.05, 3.63) is 183 Å². The minimum atomic E-state index is -0.430. The number of hydrogen-bond acceptors (Lipinski definition) is 4. The van der Waals surface area contributed by atoms with E-state index in [-0.39, 0.29) is 53.0 Å². The Kier molecular flexibility index (Phi) is 11.1. The van der Waals surface area contributed by atoms with Crippen molar-refractivity contribution in [1.29, 1.82) is 0 Å². The topological polar surface area (TPSA) is 53.0 Å². The van der Waals surface area contributed by atoms with E-state index in [1.54, 1.807) is 0 Å². The van der Waals surface area contributed by atoms with E-state index >= 15 is 0 Å². The first-order chi connectivity index (χ1) is 36.3. The van der Waals surface area contributed by atoms with Gasteiger partial charge in [0, 0.05) is 6.20 Å². The van der Waals surface area contributed by atoms with Crippen molar-refractivity contribution in [3.63, 3.8) is 0 Å². The van der Waals surface area contributed by atoms with Crippen LogP contribution in [0.1, 0.15) is 116 Å². The van der Waals surface area contributed by atoms with Crippen LogP contribution in [0.15, 0.2) is 146 Å². The van der Waals surface area contributed by atoms with Crippen LogP contribution in [0, 0.1) is 24.6 Å². The van der Waals surface area contributed by atoms with Crippen LogP contribution < -0.4 is 9.55 Å². The standard InChI is InChI=1S/C63H67BN6O.Pt/c1-14-30-64-69(58-32-41(2)29-31-65-58)57-39-51(27-28-52(57)59-42(3)43(4)66-70(59)64)71-50-24-20-23-49(38-50)67-40-68(56-26-19-18-25-55(56)67)60-53(44-21-16-15-17-22-44)36-48(63(11,12)13)37-54(60)45-33-46(61(5,6)7)35-47(34-45)62(8,9)10;/h15-29,31-39H,14,30H2,1-13H3;/i15D,16D,17D,21D,22D;. The number of para-hydroxylation sites is 2. The number of aromatic nitrogens is 5. The summed E-state index contributed by atoms with van der Waals surface area (Å²) in [5.41, 5.74) is 14.9. The fourth-order valence-electron chi connectivity index (χ4n) is 10.00. The molecular formula is C63H67BN6OPt. The van der Waals surface area contributed by atoms with Crippen molar-refractivity contribution >= 4 is 29.5 Å². The molecule has 0 spiro atoms. The van der Waals surface area contributed by atoms with Gasteiger partial charge in [-0.2, -0.15) is 5.10 Å². The molecule has 0 bridgehead atoms. The number of hydrogen-bond donors (Lipinski definition) is 0. The molecule has 72 heavy (non-hydrogen) atoms. The molecule has 368 valence electrons. The summed E-state index contributed by atoms with van der Waals surface area (Å²) in [6.45, 7) is 28.3. The van der Waals surface area contributed by atoms with Crippen LogP contribution in [0.25, 0.3) is 55.9 Å². The maximum absolute atomic E-state index is 9.51. The van der Waals surface area contributed by atoms with E-state index < -0.39 is 6.04 Å². The number of rotatable bonds is 9.